The van der Waals surface area contributed by atoms with E-state index in [-0.39, 0.29) is 6.10 Å². The summed E-state index contributed by atoms with van der Waals surface area (Å²) in [5.41, 5.74) is 1.02. The summed E-state index contributed by atoms with van der Waals surface area (Å²) in [7, 11) is 3.68. The van der Waals surface area contributed by atoms with Crippen LogP contribution in [0.1, 0.15) is 38.8 Å². The van der Waals surface area contributed by atoms with E-state index in [4.69, 9.17) is 4.74 Å². The minimum atomic E-state index is 0.239. The molecule has 1 heterocycles. The maximum Gasteiger partial charge on any atom is 0.0843 e. The van der Waals surface area contributed by atoms with Crippen molar-refractivity contribution in [2.24, 2.45) is 7.05 Å². The first-order valence-electron chi connectivity index (χ1n) is 6.82. The lowest BCUT2D eigenvalue weighted by atomic mass is 10.0. The fourth-order valence-electron chi connectivity index (χ4n) is 2.15. The molecule has 2 atom stereocenters. The average Bonchev–Trinajstić information content (AvgIpc) is 2.77. The summed E-state index contributed by atoms with van der Waals surface area (Å²) >= 11 is 0. The first-order valence-corrected chi connectivity index (χ1v) is 6.82. The molecular formula is C13H26N4O. The molecule has 0 fully saturated rings. The Kier molecular flexibility index (Phi) is 6.90. The summed E-state index contributed by atoms with van der Waals surface area (Å²) in [4.78, 5) is 0. The predicted octanol–water partition coefficient (Wildman–Crippen LogP) is 1.54. The molecule has 1 aromatic heterocycles. The van der Waals surface area contributed by atoms with E-state index in [1.165, 1.54) is 0 Å². The van der Waals surface area contributed by atoms with Crippen molar-refractivity contribution in [3.05, 3.63) is 11.9 Å². The molecule has 0 aliphatic heterocycles. The van der Waals surface area contributed by atoms with Crippen LogP contribution in [-0.2, 0) is 18.2 Å². The molecule has 2 unspecified atom stereocenters. The summed E-state index contributed by atoms with van der Waals surface area (Å²) in [6.07, 6.45) is 6.40. The molecule has 1 rings (SSSR count). The maximum atomic E-state index is 5.61. The predicted molar refractivity (Wildman–Crippen MR) is 72.5 cm³/mol. The van der Waals surface area contributed by atoms with Crippen molar-refractivity contribution in [1.82, 2.24) is 20.3 Å². The van der Waals surface area contributed by atoms with Crippen LogP contribution in [0.2, 0.25) is 0 Å². The Hall–Kier alpha value is -0.940. The fourth-order valence-corrected chi connectivity index (χ4v) is 2.15. The number of methoxy groups -OCH3 is 1. The van der Waals surface area contributed by atoms with Gasteiger partial charge in [0.15, 0.2) is 0 Å². The van der Waals surface area contributed by atoms with Gasteiger partial charge in [0.25, 0.3) is 0 Å². The molecular weight excluding hydrogens is 228 g/mol. The van der Waals surface area contributed by atoms with Crippen molar-refractivity contribution in [3.8, 4) is 0 Å². The van der Waals surface area contributed by atoms with Crippen LogP contribution in [0.25, 0.3) is 0 Å². The second kappa shape index (κ2) is 8.21. The molecule has 0 amide bonds. The average molecular weight is 254 g/mol. The van der Waals surface area contributed by atoms with E-state index in [9.17, 15) is 0 Å². The molecule has 0 radical (unpaired) electrons. The zero-order valence-electron chi connectivity index (χ0n) is 12.0. The van der Waals surface area contributed by atoms with Crippen molar-refractivity contribution >= 4 is 0 Å². The van der Waals surface area contributed by atoms with Crippen molar-refractivity contribution < 1.29 is 4.74 Å². The number of nitrogens with one attached hydrogen (secondary N) is 1. The summed E-state index contributed by atoms with van der Waals surface area (Å²) < 4.78 is 7.36. The van der Waals surface area contributed by atoms with E-state index in [0.717, 1.165) is 37.9 Å². The normalized spacial score (nSPS) is 14.7. The monoisotopic (exact) mass is 254 g/mol. The van der Waals surface area contributed by atoms with Crippen LogP contribution in [0.4, 0.5) is 0 Å². The Labute approximate surface area is 110 Å². The van der Waals surface area contributed by atoms with Gasteiger partial charge in [0.1, 0.15) is 0 Å². The third-order valence-electron chi connectivity index (χ3n) is 3.06. The highest BCUT2D eigenvalue weighted by atomic mass is 16.5. The molecule has 0 saturated carbocycles. The summed E-state index contributed by atoms with van der Waals surface area (Å²) in [6, 6.07) is 0.312. The van der Waals surface area contributed by atoms with Crippen LogP contribution in [0.5, 0.6) is 0 Å². The smallest absolute Gasteiger partial charge is 0.0843 e. The molecule has 0 spiro atoms. The number of aryl methyl sites for hydroxylation is 1. The SMILES string of the molecule is CCCNC(Cc1cn(C)nn1)C(CCC)OC. The lowest BCUT2D eigenvalue weighted by Gasteiger charge is -2.26. The Morgan fingerprint density at radius 3 is 2.67 bits per heavy atom. The zero-order valence-corrected chi connectivity index (χ0v) is 12.0. The van der Waals surface area contributed by atoms with Crippen LogP contribution in [0.3, 0.4) is 0 Å². The van der Waals surface area contributed by atoms with Crippen LogP contribution in [0.15, 0.2) is 6.20 Å². The van der Waals surface area contributed by atoms with Gasteiger partial charge < -0.3 is 10.1 Å². The van der Waals surface area contributed by atoms with Crippen LogP contribution >= 0.6 is 0 Å². The van der Waals surface area contributed by atoms with Crippen LogP contribution in [-0.4, -0.2) is 40.8 Å². The highest BCUT2D eigenvalue weighted by Crippen LogP contribution is 2.11. The van der Waals surface area contributed by atoms with E-state index in [0.29, 0.717) is 6.04 Å². The van der Waals surface area contributed by atoms with Crippen LogP contribution in [0, 0.1) is 0 Å². The van der Waals surface area contributed by atoms with Crippen molar-refractivity contribution in [2.45, 2.75) is 51.7 Å². The quantitative estimate of drug-likeness (QED) is 0.726. The lowest BCUT2D eigenvalue weighted by Crippen LogP contribution is -2.43. The number of hydrogen-bond donors (Lipinski definition) is 1. The topological polar surface area (TPSA) is 52.0 Å². The van der Waals surface area contributed by atoms with Gasteiger partial charge in [-0.05, 0) is 19.4 Å². The van der Waals surface area contributed by atoms with Gasteiger partial charge in [0.2, 0.25) is 0 Å². The number of nitrogens with zero attached hydrogens (tertiary/aromatic N) is 3. The van der Waals surface area contributed by atoms with Crippen LogP contribution < -0.4 is 5.32 Å². The Morgan fingerprint density at radius 1 is 1.39 bits per heavy atom. The number of rotatable bonds is 9. The third kappa shape index (κ3) is 4.74. The van der Waals surface area contributed by atoms with E-state index in [1.807, 2.05) is 13.2 Å². The molecule has 0 aliphatic rings. The molecule has 0 aromatic carbocycles. The maximum absolute atomic E-state index is 5.61. The zero-order chi connectivity index (χ0) is 13.4. The minimum absolute atomic E-state index is 0.239. The molecule has 1 N–H and O–H groups in total. The number of aromatic nitrogens is 3. The highest BCUT2D eigenvalue weighted by Gasteiger charge is 2.21. The molecule has 0 saturated heterocycles. The Bertz CT molecular complexity index is 327. The second-order valence-corrected chi connectivity index (χ2v) is 4.71. The standard InChI is InChI=1S/C13H26N4O/c1-5-7-13(18-4)12(14-8-6-2)9-11-10-17(3)16-15-11/h10,12-14H,5-9H2,1-4H3. The van der Waals surface area contributed by atoms with E-state index < -0.39 is 0 Å². The van der Waals surface area contributed by atoms with Crippen molar-refractivity contribution in [3.63, 3.8) is 0 Å². The van der Waals surface area contributed by atoms with Gasteiger partial charge in [-0.15, -0.1) is 5.10 Å². The molecule has 5 nitrogen and oxygen atoms in total. The fraction of sp³-hybridized carbons (Fsp3) is 0.846. The molecule has 0 bridgehead atoms. The van der Waals surface area contributed by atoms with Crippen molar-refractivity contribution in [2.75, 3.05) is 13.7 Å². The first kappa shape index (κ1) is 15.1. The van der Waals surface area contributed by atoms with Gasteiger partial charge >= 0.3 is 0 Å². The lowest BCUT2D eigenvalue weighted by molar-refractivity contribution is 0.0606. The minimum Gasteiger partial charge on any atom is -0.380 e. The summed E-state index contributed by atoms with van der Waals surface area (Å²) in [6.45, 7) is 5.37. The first-order chi connectivity index (χ1) is 8.71. The highest BCUT2D eigenvalue weighted by molar-refractivity contribution is 4.97. The Morgan fingerprint density at radius 2 is 2.17 bits per heavy atom. The van der Waals surface area contributed by atoms with Gasteiger partial charge in [0, 0.05) is 32.8 Å². The molecule has 5 heteroatoms. The van der Waals surface area contributed by atoms with E-state index >= 15 is 0 Å². The van der Waals surface area contributed by atoms with E-state index in [2.05, 4.69) is 29.5 Å². The Balaban J connectivity index is 2.63. The molecule has 1 aromatic rings. The second-order valence-electron chi connectivity index (χ2n) is 4.71. The van der Waals surface area contributed by atoms with Gasteiger partial charge in [-0.1, -0.05) is 25.5 Å². The number of hydrogen-bond acceptors (Lipinski definition) is 4. The summed E-state index contributed by atoms with van der Waals surface area (Å²) in [5.74, 6) is 0. The van der Waals surface area contributed by atoms with Gasteiger partial charge in [-0.25, -0.2) is 0 Å². The molecule has 18 heavy (non-hydrogen) atoms. The molecule has 104 valence electrons. The van der Waals surface area contributed by atoms with Crippen molar-refractivity contribution in [1.29, 1.82) is 0 Å². The summed E-state index contributed by atoms with van der Waals surface area (Å²) in [5, 5.41) is 11.7. The van der Waals surface area contributed by atoms with Gasteiger partial charge in [0.05, 0.1) is 11.8 Å². The largest absolute Gasteiger partial charge is 0.380 e. The number of ether oxygens (including phenoxy) is 1. The third-order valence-corrected chi connectivity index (χ3v) is 3.06. The van der Waals surface area contributed by atoms with Gasteiger partial charge in [-0.3, -0.25) is 4.68 Å². The molecule has 0 aliphatic carbocycles. The van der Waals surface area contributed by atoms with E-state index in [1.54, 1.807) is 11.8 Å². The van der Waals surface area contributed by atoms with Gasteiger partial charge in [-0.2, -0.15) is 0 Å².